The first-order chi connectivity index (χ1) is 14.4. The number of nitrogens with zero attached hydrogens (tertiary/aromatic N) is 1. The Labute approximate surface area is 178 Å². The summed E-state index contributed by atoms with van der Waals surface area (Å²) in [4.78, 5) is 38.4. The zero-order chi connectivity index (χ0) is 21.7. The predicted molar refractivity (Wildman–Crippen MR) is 109 cm³/mol. The first kappa shape index (κ1) is 21.6. The molecule has 0 saturated carbocycles. The second-order valence-corrected chi connectivity index (χ2v) is 7.18. The van der Waals surface area contributed by atoms with E-state index >= 15 is 0 Å². The largest absolute Gasteiger partial charge is 0.492 e. The Hall–Kier alpha value is -3.13. The minimum absolute atomic E-state index is 0.196. The summed E-state index contributed by atoms with van der Waals surface area (Å²) in [5.74, 6) is -0.882. The molecular formula is C21H21ClFN3O4. The van der Waals surface area contributed by atoms with Gasteiger partial charge in [0.25, 0.3) is 5.91 Å². The fourth-order valence-corrected chi connectivity index (χ4v) is 3.36. The second kappa shape index (κ2) is 9.13. The minimum atomic E-state index is -1.32. The Morgan fingerprint density at radius 1 is 1.17 bits per heavy atom. The lowest BCUT2D eigenvalue weighted by atomic mass is 9.87. The number of hydrogen-bond donors (Lipinski definition) is 2. The number of urea groups is 1. The van der Waals surface area contributed by atoms with Crippen molar-refractivity contribution in [2.24, 2.45) is 0 Å². The molecule has 1 unspecified atom stereocenters. The fraction of sp³-hybridized carbons (Fsp3) is 0.286. The van der Waals surface area contributed by atoms with Crippen LogP contribution in [0.25, 0.3) is 0 Å². The van der Waals surface area contributed by atoms with Crippen molar-refractivity contribution in [2.75, 3.05) is 19.7 Å². The molecule has 0 bridgehead atoms. The third-order valence-corrected chi connectivity index (χ3v) is 5.10. The third kappa shape index (κ3) is 4.54. The van der Waals surface area contributed by atoms with E-state index in [1.807, 2.05) is 0 Å². The van der Waals surface area contributed by atoms with E-state index in [1.165, 1.54) is 24.3 Å². The van der Waals surface area contributed by atoms with E-state index in [4.69, 9.17) is 16.3 Å². The Morgan fingerprint density at radius 2 is 1.83 bits per heavy atom. The maximum absolute atomic E-state index is 13.2. The molecule has 1 heterocycles. The summed E-state index contributed by atoms with van der Waals surface area (Å²) < 4.78 is 18.7. The van der Waals surface area contributed by atoms with Crippen LogP contribution < -0.4 is 15.4 Å². The number of carbonyl (C=O) groups excluding carboxylic acids is 3. The van der Waals surface area contributed by atoms with Gasteiger partial charge in [0.05, 0.1) is 6.54 Å². The maximum atomic E-state index is 13.2. The van der Waals surface area contributed by atoms with Crippen molar-refractivity contribution in [3.05, 3.63) is 64.9 Å². The summed E-state index contributed by atoms with van der Waals surface area (Å²) in [5, 5.41) is 5.85. The lowest BCUT2D eigenvalue weighted by Crippen LogP contribution is -2.45. The minimum Gasteiger partial charge on any atom is -0.492 e. The molecule has 1 aliphatic heterocycles. The highest BCUT2D eigenvalue weighted by molar-refractivity contribution is 6.30. The van der Waals surface area contributed by atoms with Gasteiger partial charge in [0.2, 0.25) is 5.91 Å². The van der Waals surface area contributed by atoms with E-state index < -0.39 is 35.7 Å². The number of amides is 4. The molecule has 0 aromatic heterocycles. The van der Waals surface area contributed by atoms with Crippen molar-refractivity contribution >= 4 is 29.4 Å². The van der Waals surface area contributed by atoms with Crippen molar-refractivity contribution in [1.29, 1.82) is 0 Å². The molecule has 30 heavy (non-hydrogen) atoms. The molecule has 158 valence electrons. The normalized spacial score (nSPS) is 18.3. The molecule has 1 atom stereocenters. The SMILES string of the molecule is CCC1(c2ccc(F)cc2)NC(=O)N(CC(=O)NCCOc2ccc(Cl)cc2)C1=O. The smallest absolute Gasteiger partial charge is 0.325 e. The predicted octanol–water partition coefficient (Wildman–Crippen LogP) is 2.83. The number of ether oxygens (including phenoxy) is 1. The van der Waals surface area contributed by atoms with Gasteiger partial charge in [0.1, 0.15) is 30.3 Å². The number of imide groups is 1. The molecule has 0 aliphatic carbocycles. The van der Waals surface area contributed by atoms with Crippen molar-refractivity contribution < 1.29 is 23.5 Å². The van der Waals surface area contributed by atoms with Gasteiger partial charge in [-0.2, -0.15) is 0 Å². The van der Waals surface area contributed by atoms with Gasteiger partial charge in [-0.15, -0.1) is 0 Å². The van der Waals surface area contributed by atoms with E-state index in [0.29, 0.717) is 16.3 Å². The molecular weight excluding hydrogens is 413 g/mol. The van der Waals surface area contributed by atoms with Crippen molar-refractivity contribution in [2.45, 2.75) is 18.9 Å². The van der Waals surface area contributed by atoms with Crippen LogP contribution in [0.5, 0.6) is 5.75 Å². The van der Waals surface area contributed by atoms with Crippen LogP contribution in [0.1, 0.15) is 18.9 Å². The Balaban J connectivity index is 1.56. The van der Waals surface area contributed by atoms with Crippen LogP contribution in [0.3, 0.4) is 0 Å². The zero-order valence-corrected chi connectivity index (χ0v) is 17.0. The van der Waals surface area contributed by atoms with Crippen LogP contribution in [0, 0.1) is 5.82 Å². The van der Waals surface area contributed by atoms with Crippen LogP contribution in [0.15, 0.2) is 48.5 Å². The van der Waals surface area contributed by atoms with Gasteiger partial charge in [0, 0.05) is 5.02 Å². The molecule has 3 rings (SSSR count). The van der Waals surface area contributed by atoms with Crippen LogP contribution in [-0.2, 0) is 15.1 Å². The number of nitrogens with one attached hydrogen (secondary N) is 2. The first-order valence-electron chi connectivity index (χ1n) is 9.41. The lowest BCUT2D eigenvalue weighted by Gasteiger charge is -2.25. The van der Waals surface area contributed by atoms with E-state index in [0.717, 1.165) is 4.90 Å². The third-order valence-electron chi connectivity index (χ3n) is 4.85. The van der Waals surface area contributed by atoms with E-state index in [-0.39, 0.29) is 19.6 Å². The van der Waals surface area contributed by atoms with E-state index in [1.54, 1.807) is 31.2 Å². The topological polar surface area (TPSA) is 87.7 Å². The van der Waals surface area contributed by atoms with E-state index in [2.05, 4.69) is 10.6 Å². The number of hydrogen-bond acceptors (Lipinski definition) is 4. The molecule has 2 aromatic carbocycles. The van der Waals surface area contributed by atoms with Gasteiger partial charge in [0.15, 0.2) is 0 Å². The van der Waals surface area contributed by atoms with Gasteiger partial charge in [-0.3, -0.25) is 14.5 Å². The van der Waals surface area contributed by atoms with Crippen LogP contribution in [-0.4, -0.2) is 42.4 Å². The van der Waals surface area contributed by atoms with Gasteiger partial charge in [-0.25, -0.2) is 9.18 Å². The van der Waals surface area contributed by atoms with Crippen molar-refractivity contribution in [3.63, 3.8) is 0 Å². The van der Waals surface area contributed by atoms with E-state index in [9.17, 15) is 18.8 Å². The van der Waals surface area contributed by atoms with Crippen LogP contribution >= 0.6 is 11.6 Å². The summed E-state index contributed by atoms with van der Waals surface area (Å²) in [6.45, 7) is 1.72. The maximum Gasteiger partial charge on any atom is 0.325 e. The average Bonchev–Trinajstić information content (AvgIpc) is 2.98. The summed E-state index contributed by atoms with van der Waals surface area (Å²) in [6, 6.07) is 11.5. The number of benzene rings is 2. The Morgan fingerprint density at radius 3 is 2.47 bits per heavy atom. The summed E-state index contributed by atoms with van der Waals surface area (Å²) in [7, 11) is 0. The number of rotatable bonds is 8. The molecule has 4 amide bonds. The van der Waals surface area contributed by atoms with Crippen LogP contribution in [0.2, 0.25) is 5.02 Å². The second-order valence-electron chi connectivity index (χ2n) is 6.74. The molecule has 7 nitrogen and oxygen atoms in total. The molecule has 1 fully saturated rings. The number of halogens is 2. The highest BCUT2D eigenvalue weighted by Crippen LogP contribution is 2.32. The molecule has 2 N–H and O–H groups in total. The van der Waals surface area contributed by atoms with Crippen LogP contribution in [0.4, 0.5) is 9.18 Å². The average molecular weight is 434 g/mol. The Bertz CT molecular complexity index is 936. The van der Waals surface area contributed by atoms with Gasteiger partial charge in [-0.1, -0.05) is 30.7 Å². The van der Waals surface area contributed by atoms with Crippen molar-refractivity contribution in [3.8, 4) is 5.75 Å². The summed E-state index contributed by atoms with van der Waals surface area (Å²) in [5.41, 5.74) is -0.855. The highest BCUT2D eigenvalue weighted by atomic mass is 35.5. The quantitative estimate of drug-likeness (QED) is 0.495. The monoisotopic (exact) mass is 433 g/mol. The fourth-order valence-electron chi connectivity index (χ4n) is 3.23. The highest BCUT2D eigenvalue weighted by Gasteiger charge is 2.51. The Kier molecular flexibility index (Phi) is 6.56. The lowest BCUT2D eigenvalue weighted by molar-refractivity contribution is -0.135. The summed E-state index contributed by atoms with van der Waals surface area (Å²) >= 11 is 5.80. The first-order valence-corrected chi connectivity index (χ1v) is 9.79. The molecule has 0 spiro atoms. The van der Waals surface area contributed by atoms with Gasteiger partial charge >= 0.3 is 6.03 Å². The zero-order valence-electron chi connectivity index (χ0n) is 16.3. The molecule has 1 saturated heterocycles. The molecule has 1 aliphatic rings. The molecule has 9 heteroatoms. The number of carbonyl (C=O) groups is 3. The van der Waals surface area contributed by atoms with Gasteiger partial charge < -0.3 is 15.4 Å². The van der Waals surface area contributed by atoms with Crippen molar-refractivity contribution in [1.82, 2.24) is 15.5 Å². The summed E-state index contributed by atoms with van der Waals surface area (Å²) in [6.07, 6.45) is 0.260. The standard InChI is InChI=1S/C21H21ClFN3O4/c1-2-21(14-3-7-16(23)8-4-14)19(28)26(20(29)25-21)13-18(27)24-11-12-30-17-9-5-15(22)6-10-17/h3-10H,2,11-13H2,1H3,(H,24,27)(H,25,29). The molecule has 2 aromatic rings. The molecule has 0 radical (unpaired) electrons. The van der Waals surface area contributed by atoms with Gasteiger partial charge in [-0.05, 0) is 48.4 Å².